The van der Waals surface area contributed by atoms with Crippen LogP contribution in [0.4, 0.5) is 4.39 Å². The number of amides is 1. The minimum absolute atomic E-state index is 0.0471. The Bertz CT molecular complexity index is 1090. The molecule has 0 saturated carbocycles. The van der Waals surface area contributed by atoms with Crippen molar-refractivity contribution in [1.29, 1.82) is 0 Å². The number of nitrogens with zero attached hydrogens (tertiary/aromatic N) is 5. The molecule has 0 aliphatic carbocycles. The van der Waals surface area contributed by atoms with Gasteiger partial charge in [-0.25, -0.2) is 4.39 Å². The molecule has 3 aromatic rings. The summed E-state index contributed by atoms with van der Waals surface area (Å²) in [6.45, 7) is 5.14. The third-order valence-electron chi connectivity index (χ3n) is 6.27. The maximum Gasteiger partial charge on any atom is 0.271 e. The second-order valence-corrected chi connectivity index (χ2v) is 8.19. The Morgan fingerprint density at radius 1 is 1.21 bits per heavy atom. The Morgan fingerprint density at radius 3 is 2.93 bits per heavy atom. The summed E-state index contributed by atoms with van der Waals surface area (Å²) in [5.74, 6) is 1.51. The van der Waals surface area contributed by atoms with Gasteiger partial charge in [0.2, 0.25) is 0 Å². The zero-order valence-corrected chi connectivity index (χ0v) is 16.8. The predicted molar refractivity (Wildman–Crippen MR) is 107 cm³/mol. The van der Waals surface area contributed by atoms with Crippen LogP contribution >= 0.6 is 0 Å². The lowest BCUT2D eigenvalue weighted by Gasteiger charge is -2.36. The molecule has 1 fully saturated rings. The highest BCUT2D eigenvalue weighted by Crippen LogP contribution is 2.33. The van der Waals surface area contributed by atoms with E-state index in [9.17, 15) is 9.18 Å². The molecular formula is C21H25FN6O. The number of fused-ring (bicyclic) bond motifs is 2. The van der Waals surface area contributed by atoms with E-state index in [0.717, 1.165) is 67.0 Å². The number of aromatic amines is 1. The molecule has 2 aliphatic heterocycles. The lowest BCUT2D eigenvalue weighted by Crippen LogP contribution is -2.41. The van der Waals surface area contributed by atoms with E-state index < -0.39 is 0 Å². The number of halogens is 1. The van der Waals surface area contributed by atoms with Gasteiger partial charge < -0.3 is 14.5 Å². The van der Waals surface area contributed by atoms with Gasteiger partial charge in [-0.1, -0.05) is 0 Å². The van der Waals surface area contributed by atoms with Gasteiger partial charge in [0, 0.05) is 30.5 Å². The average molecular weight is 396 g/mol. The van der Waals surface area contributed by atoms with Gasteiger partial charge in [0.25, 0.3) is 5.91 Å². The van der Waals surface area contributed by atoms with Crippen molar-refractivity contribution >= 4 is 16.8 Å². The number of nitrogens with one attached hydrogen (secondary N) is 1. The molecule has 0 radical (unpaired) electrons. The van der Waals surface area contributed by atoms with Crippen LogP contribution in [0.2, 0.25) is 0 Å². The highest BCUT2D eigenvalue weighted by atomic mass is 19.1. The Labute approximate surface area is 168 Å². The monoisotopic (exact) mass is 396 g/mol. The number of likely N-dealkylation sites (N-methyl/N-ethyl adjacent to an activating group) is 1. The van der Waals surface area contributed by atoms with Crippen LogP contribution in [-0.2, 0) is 13.1 Å². The van der Waals surface area contributed by atoms with Gasteiger partial charge in [-0.15, -0.1) is 10.2 Å². The lowest BCUT2D eigenvalue weighted by molar-refractivity contribution is 0.0586. The van der Waals surface area contributed by atoms with Gasteiger partial charge >= 0.3 is 0 Å². The first-order valence-corrected chi connectivity index (χ1v) is 10.2. The van der Waals surface area contributed by atoms with E-state index in [1.165, 1.54) is 12.1 Å². The van der Waals surface area contributed by atoms with Crippen LogP contribution in [-0.4, -0.2) is 55.6 Å². The molecule has 1 aromatic carbocycles. The molecule has 152 valence electrons. The molecule has 8 heteroatoms. The smallest absolute Gasteiger partial charge is 0.271 e. The minimum Gasteiger partial charge on any atom is -0.350 e. The fourth-order valence-electron chi connectivity index (χ4n) is 4.65. The van der Waals surface area contributed by atoms with E-state index in [4.69, 9.17) is 0 Å². The number of rotatable bonds is 2. The SMILES string of the molecule is Cc1c(C(=O)N2CCCCC2c2nnc3n2CCN(C)C3)[nH]c2ccc(F)cc12. The van der Waals surface area contributed by atoms with Gasteiger partial charge in [0.1, 0.15) is 17.3 Å². The third-order valence-corrected chi connectivity index (χ3v) is 6.27. The molecule has 1 saturated heterocycles. The van der Waals surface area contributed by atoms with E-state index in [1.54, 1.807) is 6.07 Å². The largest absolute Gasteiger partial charge is 0.350 e. The van der Waals surface area contributed by atoms with Gasteiger partial charge in [-0.05, 0) is 57.0 Å². The van der Waals surface area contributed by atoms with Crippen LogP contribution in [0, 0.1) is 12.7 Å². The standard InChI is InChI=1S/C21H25FN6O/c1-13-15-11-14(22)6-7-16(15)23-19(13)21(29)27-8-4-3-5-17(27)20-25-24-18-12-26(2)9-10-28(18)20/h6-7,11,17,23H,3-5,8-10,12H2,1-2H3. The van der Waals surface area contributed by atoms with Gasteiger partial charge in [-0.2, -0.15) is 0 Å². The van der Waals surface area contributed by atoms with Crippen molar-refractivity contribution in [2.45, 2.75) is 45.3 Å². The molecule has 7 nitrogen and oxygen atoms in total. The molecule has 5 rings (SSSR count). The lowest BCUT2D eigenvalue weighted by atomic mass is 10.00. The Balaban J connectivity index is 1.51. The molecule has 1 unspecified atom stereocenters. The number of likely N-dealkylation sites (tertiary alicyclic amines) is 1. The molecular weight excluding hydrogens is 371 g/mol. The van der Waals surface area contributed by atoms with E-state index in [0.29, 0.717) is 12.2 Å². The first-order valence-electron chi connectivity index (χ1n) is 10.2. The maximum atomic E-state index is 13.7. The Kier molecular flexibility index (Phi) is 4.38. The first-order chi connectivity index (χ1) is 14.0. The van der Waals surface area contributed by atoms with Crippen LogP contribution in [0.3, 0.4) is 0 Å². The molecule has 1 N–H and O–H groups in total. The van der Waals surface area contributed by atoms with Crippen LogP contribution in [0.15, 0.2) is 18.2 Å². The van der Waals surface area contributed by atoms with Gasteiger partial charge in [0.05, 0.1) is 12.6 Å². The molecule has 1 amide bonds. The summed E-state index contributed by atoms with van der Waals surface area (Å²) >= 11 is 0. The normalized spacial score (nSPS) is 20.2. The molecule has 2 aliphatic rings. The number of carbonyl (C=O) groups excluding carboxylic acids is 1. The highest BCUT2D eigenvalue weighted by Gasteiger charge is 2.35. The molecule has 2 aromatic heterocycles. The summed E-state index contributed by atoms with van der Waals surface area (Å²) in [7, 11) is 2.08. The molecule has 0 spiro atoms. The second-order valence-electron chi connectivity index (χ2n) is 8.19. The summed E-state index contributed by atoms with van der Waals surface area (Å²) in [6, 6.07) is 4.50. The topological polar surface area (TPSA) is 70.1 Å². The van der Waals surface area contributed by atoms with Crippen molar-refractivity contribution in [3.05, 3.63) is 46.9 Å². The van der Waals surface area contributed by atoms with E-state index in [2.05, 4.69) is 31.7 Å². The van der Waals surface area contributed by atoms with Crippen molar-refractivity contribution in [1.82, 2.24) is 29.5 Å². The summed E-state index contributed by atoms with van der Waals surface area (Å²) in [5.41, 5.74) is 2.11. The third kappa shape index (κ3) is 3.02. The average Bonchev–Trinajstić information content (AvgIpc) is 3.28. The first kappa shape index (κ1) is 18.3. The number of piperidine rings is 1. The van der Waals surface area contributed by atoms with Crippen LogP contribution in [0.5, 0.6) is 0 Å². The summed E-state index contributed by atoms with van der Waals surface area (Å²) in [5, 5.41) is 9.64. The Hall–Kier alpha value is -2.74. The fraction of sp³-hybridized carbons (Fsp3) is 0.476. The van der Waals surface area contributed by atoms with Crippen LogP contribution in [0.1, 0.15) is 53.0 Å². The number of aryl methyl sites for hydroxylation is 1. The highest BCUT2D eigenvalue weighted by molar-refractivity contribution is 6.01. The Morgan fingerprint density at radius 2 is 2.07 bits per heavy atom. The molecule has 4 heterocycles. The number of hydrogen-bond donors (Lipinski definition) is 1. The number of H-pyrrole nitrogens is 1. The zero-order valence-electron chi connectivity index (χ0n) is 16.8. The second kappa shape index (κ2) is 6.95. The minimum atomic E-state index is -0.297. The van der Waals surface area contributed by atoms with Crippen molar-refractivity contribution in [2.75, 3.05) is 20.1 Å². The predicted octanol–water partition coefficient (Wildman–Crippen LogP) is 3.02. The van der Waals surface area contributed by atoms with Crippen molar-refractivity contribution in [3.8, 4) is 0 Å². The fourth-order valence-corrected chi connectivity index (χ4v) is 4.65. The number of aromatic nitrogens is 4. The number of hydrogen-bond acceptors (Lipinski definition) is 4. The van der Waals surface area contributed by atoms with Crippen LogP contribution < -0.4 is 0 Å². The molecule has 0 bridgehead atoms. The van der Waals surface area contributed by atoms with Gasteiger partial charge in [0.15, 0.2) is 5.82 Å². The number of carbonyl (C=O) groups is 1. The van der Waals surface area contributed by atoms with E-state index in [-0.39, 0.29) is 17.8 Å². The maximum absolute atomic E-state index is 13.7. The zero-order chi connectivity index (χ0) is 20.1. The van der Waals surface area contributed by atoms with Crippen LogP contribution in [0.25, 0.3) is 10.9 Å². The van der Waals surface area contributed by atoms with Gasteiger partial charge in [-0.3, -0.25) is 9.69 Å². The summed E-state index contributed by atoms with van der Waals surface area (Å²) in [4.78, 5) is 20.9. The van der Waals surface area contributed by atoms with Crippen molar-refractivity contribution in [3.63, 3.8) is 0 Å². The summed E-state index contributed by atoms with van der Waals surface area (Å²) < 4.78 is 15.9. The summed E-state index contributed by atoms with van der Waals surface area (Å²) in [6.07, 6.45) is 2.92. The van der Waals surface area contributed by atoms with Crippen molar-refractivity contribution < 1.29 is 9.18 Å². The molecule has 29 heavy (non-hydrogen) atoms. The molecule has 1 atom stereocenters. The van der Waals surface area contributed by atoms with Crippen molar-refractivity contribution in [2.24, 2.45) is 0 Å². The van der Waals surface area contributed by atoms with E-state index >= 15 is 0 Å². The van der Waals surface area contributed by atoms with E-state index in [1.807, 2.05) is 11.8 Å². The quantitative estimate of drug-likeness (QED) is 0.723. The number of benzene rings is 1.